The van der Waals surface area contributed by atoms with Gasteiger partial charge in [0, 0.05) is 12.2 Å². The predicted molar refractivity (Wildman–Crippen MR) is 112 cm³/mol. The van der Waals surface area contributed by atoms with Crippen LogP contribution in [0.4, 0.5) is 10.1 Å². The highest BCUT2D eigenvalue weighted by atomic mass is 19.1. The normalized spacial score (nSPS) is 10.4. The fraction of sp³-hybridized carbons (Fsp3) is 0.167. The molecule has 1 N–H and O–H groups in total. The van der Waals surface area contributed by atoms with E-state index in [0.29, 0.717) is 19.5 Å². The molecule has 0 fully saturated rings. The SMILES string of the molecule is O=C(CC(=O)N(Cc1ccccc1)c1ccccc1)NCCc1ccc(F)cc1. The molecule has 0 aliphatic rings. The second kappa shape index (κ2) is 10.2. The van der Waals surface area contributed by atoms with E-state index in [-0.39, 0.29) is 24.1 Å². The number of anilines is 1. The molecule has 0 bridgehead atoms. The maximum absolute atomic E-state index is 12.9. The first kappa shape index (κ1) is 20.3. The van der Waals surface area contributed by atoms with Crippen LogP contribution in [0.15, 0.2) is 84.9 Å². The summed E-state index contributed by atoms with van der Waals surface area (Å²) in [6.07, 6.45) is 0.345. The van der Waals surface area contributed by atoms with E-state index in [4.69, 9.17) is 0 Å². The van der Waals surface area contributed by atoms with Gasteiger partial charge in [0.1, 0.15) is 12.2 Å². The minimum absolute atomic E-state index is 0.231. The summed E-state index contributed by atoms with van der Waals surface area (Å²) in [7, 11) is 0. The number of carbonyl (C=O) groups excluding carboxylic acids is 2. The highest BCUT2D eigenvalue weighted by molar-refractivity contribution is 6.04. The Kier molecular flexibility index (Phi) is 7.11. The van der Waals surface area contributed by atoms with Crippen molar-refractivity contribution in [3.8, 4) is 0 Å². The first-order chi connectivity index (χ1) is 14.1. The van der Waals surface area contributed by atoms with Crippen molar-refractivity contribution >= 4 is 17.5 Å². The van der Waals surface area contributed by atoms with Crippen LogP contribution in [0.2, 0.25) is 0 Å². The first-order valence-electron chi connectivity index (χ1n) is 9.52. The topological polar surface area (TPSA) is 49.4 Å². The molecule has 0 saturated carbocycles. The summed E-state index contributed by atoms with van der Waals surface area (Å²) in [5, 5.41) is 2.77. The van der Waals surface area contributed by atoms with Crippen molar-refractivity contribution in [2.24, 2.45) is 0 Å². The largest absolute Gasteiger partial charge is 0.355 e. The summed E-state index contributed by atoms with van der Waals surface area (Å²) in [5.74, 6) is -0.881. The zero-order valence-electron chi connectivity index (χ0n) is 16.1. The van der Waals surface area contributed by atoms with E-state index in [9.17, 15) is 14.0 Å². The van der Waals surface area contributed by atoms with Gasteiger partial charge in [-0.1, -0.05) is 60.7 Å². The molecule has 0 aromatic heterocycles. The molecule has 148 valence electrons. The van der Waals surface area contributed by atoms with E-state index in [1.807, 2.05) is 60.7 Å². The number of amides is 2. The highest BCUT2D eigenvalue weighted by Crippen LogP contribution is 2.18. The summed E-state index contributed by atoms with van der Waals surface area (Å²) in [6, 6.07) is 25.1. The molecule has 0 heterocycles. The number of hydrogen-bond acceptors (Lipinski definition) is 2. The minimum atomic E-state index is -0.328. The zero-order chi connectivity index (χ0) is 20.5. The molecule has 0 aliphatic carbocycles. The molecule has 0 unspecified atom stereocenters. The van der Waals surface area contributed by atoms with E-state index in [2.05, 4.69) is 5.32 Å². The van der Waals surface area contributed by atoms with E-state index < -0.39 is 0 Å². The Labute approximate surface area is 170 Å². The van der Waals surface area contributed by atoms with Crippen molar-refractivity contribution in [2.75, 3.05) is 11.4 Å². The molecule has 0 spiro atoms. The second-order valence-electron chi connectivity index (χ2n) is 6.70. The third-order valence-corrected chi connectivity index (χ3v) is 4.51. The third-order valence-electron chi connectivity index (χ3n) is 4.51. The number of para-hydroxylation sites is 1. The van der Waals surface area contributed by atoms with Crippen molar-refractivity contribution in [3.63, 3.8) is 0 Å². The number of rotatable bonds is 8. The molecule has 2 amide bonds. The number of nitrogens with one attached hydrogen (secondary N) is 1. The van der Waals surface area contributed by atoms with Gasteiger partial charge in [-0.05, 0) is 41.8 Å². The summed E-state index contributed by atoms with van der Waals surface area (Å²) in [6.45, 7) is 0.786. The van der Waals surface area contributed by atoms with Gasteiger partial charge in [0.05, 0.1) is 6.54 Å². The average Bonchev–Trinajstić information content (AvgIpc) is 2.74. The summed E-state index contributed by atoms with van der Waals surface area (Å²) < 4.78 is 12.9. The molecule has 29 heavy (non-hydrogen) atoms. The summed E-state index contributed by atoms with van der Waals surface area (Å²) >= 11 is 0. The molecular weight excluding hydrogens is 367 g/mol. The second-order valence-corrected chi connectivity index (χ2v) is 6.70. The van der Waals surface area contributed by atoms with Crippen LogP contribution in [0.1, 0.15) is 17.5 Å². The molecule has 3 aromatic rings. The van der Waals surface area contributed by atoms with Gasteiger partial charge in [-0.3, -0.25) is 9.59 Å². The van der Waals surface area contributed by atoms with Crippen LogP contribution in [-0.2, 0) is 22.6 Å². The molecule has 3 aromatic carbocycles. The Balaban J connectivity index is 1.58. The minimum Gasteiger partial charge on any atom is -0.355 e. The van der Waals surface area contributed by atoms with Gasteiger partial charge in [0.15, 0.2) is 0 Å². The van der Waals surface area contributed by atoms with E-state index in [1.165, 1.54) is 12.1 Å². The van der Waals surface area contributed by atoms with Crippen LogP contribution in [0.5, 0.6) is 0 Å². The molecule has 0 aliphatic heterocycles. The van der Waals surface area contributed by atoms with Crippen molar-refractivity contribution < 1.29 is 14.0 Å². The number of benzene rings is 3. The zero-order valence-corrected chi connectivity index (χ0v) is 16.1. The van der Waals surface area contributed by atoms with Gasteiger partial charge in [-0.25, -0.2) is 4.39 Å². The van der Waals surface area contributed by atoms with Crippen molar-refractivity contribution in [3.05, 3.63) is 102 Å². The van der Waals surface area contributed by atoms with E-state index >= 15 is 0 Å². The molecule has 0 atom stereocenters. The number of halogens is 1. The maximum Gasteiger partial charge on any atom is 0.236 e. The average molecular weight is 390 g/mol. The van der Waals surface area contributed by atoms with Gasteiger partial charge in [0.2, 0.25) is 11.8 Å². The molecule has 0 radical (unpaired) electrons. The lowest BCUT2D eigenvalue weighted by atomic mass is 10.1. The predicted octanol–water partition coefficient (Wildman–Crippen LogP) is 4.11. The fourth-order valence-electron chi connectivity index (χ4n) is 2.99. The van der Waals surface area contributed by atoms with Crippen molar-refractivity contribution in [1.29, 1.82) is 0 Å². The Morgan fingerprint density at radius 2 is 1.41 bits per heavy atom. The van der Waals surface area contributed by atoms with Gasteiger partial charge < -0.3 is 10.2 Å². The van der Waals surface area contributed by atoms with Crippen LogP contribution in [0.3, 0.4) is 0 Å². The molecule has 3 rings (SSSR count). The molecule has 0 saturated heterocycles. The van der Waals surface area contributed by atoms with Crippen LogP contribution in [-0.4, -0.2) is 18.4 Å². The van der Waals surface area contributed by atoms with Gasteiger partial charge in [-0.15, -0.1) is 0 Å². The van der Waals surface area contributed by atoms with E-state index in [1.54, 1.807) is 17.0 Å². The summed E-state index contributed by atoms with van der Waals surface area (Å²) in [4.78, 5) is 26.7. The third kappa shape index (κ3) is 6.28. The van der Waals surface area contributed by atoms with Gasteiger partial charge in [0.25, 0.3) is 0 Å². The van der Waals surface area contributed by atoms with E-state index in [0.717, 1.165) is 16.8 Å². The molecule has 4 nitrogen and oxygen atoms in total. The quantitative estimate of drug-likeness (QED) is 0.589. The van der Waals surface area contributed by atoms with Gasteiger partial charge in [-0.2, -0.15) is 0 Å². The van der Waals surface area contributed by atoms with Crippen molar-refractivity contribution in [1.82, 2.24) is 5.32 Å². The monoisotopic (exact) mass is 390 g/mol. The Hall–Kier alpha value is -3.47. The Morgan fingerprint density at radius 3 is 2.07 bits per heavy atom. The highest BCUT2D eigenvalue weighted by Gasteiger charge is 2.19. The first-order valence-corrected chi connectivity index (χ1v) is 9.52. The Bertz CT molecular complexity index is 928. The van der Waals surface area contributed by atoms with Crippen LogP contribution < -0.4 is 10.2 Å². The van der Waals surface area contributed by atoms with Crippen LogP contribution >= 0.6 is 0 Å². The molecule has 5 heteroatoms. The lowest BCUT2D eigenvalue weighted by molar-refractivity contribution is -0.128. The lowest BCUT2D eigenvalue weighted by Gasteiger charge is -2.23. The standard InChI is InChI=1S/C24H23FN2O2/c25-21-13-11-19(12-14-21)15-16-26-23(28)17-24(29)27(22-9-5-2-6-10-22)18-20-7-3-1-4-8-20/h1-14H,15-18H2,(H,26,28). The summed E-state index contributed by atoms with van der Waals surface area (Å²) in [5.41, 5.74) is 2.66. The Morgan fingerprint density at radius 1 is 0.793 bits per heavy atom. The van der Waals surface area contributed by atoms with Crippen LogP contribution in [0, 0.1) is 5.82 Å². The fourth-order valence-corrected chi connectivity index (χ4v) is 2.99. The van der Waals surface area contributed by atoms with Gasteiger partial charge >= 0.3 is 0 Å². The number of hydrogen-bond donors (Lipinski definition) is 1. The lowest BCUT2D eigenvalue weighted by Crippen LogP contribution is -2.36. The smallest absolute Gasteiger partial charge is 0.236 e. The van der Waals surface area contributed by atoms with Crippen LogP contribution in [0.25, 0.3) is 0 Å². The number of nitrogens with zero attached hydrogens (tertiary/aromatic N) is 1. The van der Waals surface area contributed by atoms with Crippen molar-refractivity contribution in [2.45, 2.75) is 19.4 Å². The molecular formula is C24H23FN2O2. The maximum atomic E-state index is 12.9. The number of carbonyl (C=O) groups is 2.